The smallest absolute Gasteiger partial charge is 0.267 e. The van der Waals surface area contributed by atoms with Gasteiger partial charge in [0, 0.05) is 18.5 Å². The molecule has 0 aliphatic rings. The second-order valence-corrected chi connectivity index (χ2v) is 10.8. The summed E-state index contributed by atoms with van der Waals surface area (Å²) in [5, 5.41) is 33.3. The Labute approximate surface area is 230 Å². The van der Waals surface area contributed by atoms with Crippen molar-refractivity contribution in [1.29, 1.82) is 0 Å². The van der Waals surface area contributed by atoms with Crippen LogP contribution in [-0.4, -0.2) is 45.5 Å². The summed E-state index contributed by atoms with van der Waals surface area (Å²) in [6.07, 6.45) is 0.683. The fourth-order valence-electron chi connectivity index (χ4n) is 4.70. The first-order valence-corrected chi connectivity index (χ1v) is 13.0. The van der Waals surface area contributed by atoms with Crippen LogP contribution in [0.25, 0.3) is 33.5 Å². The Morgan fingerprint density at radius 1 is 0.850 bits per heavy atom. The van der Waals surface area contributed by atoms with Gasteiger partial charge in [-0.3, -0.25) is 0 Å². The molecule has 0 bridgehead atoms. The van der Waals surface area contributed by atoms with E-state index < -0.39 is 0 Å². The first kappa shape index (κ1) is 25.2. The molecular formula is C30H28N8O2. The van der Waals surface area contributed by atoms with Gasteiger partial charge in [-0.1, -0.05) is 87.5 Å². The minimum absolute atomic E-state index is 0.0425. The van der Waals surface area contributed by atoms with E-state index in [9.17, 15) is 5.11 Å². The van der Waals surface area contributed by atoms with E-state index in [1.807, 2.05) is 59.2 Å². The number of nitrogens with zero attached hydrogens (tertiary/aromatic N) is 7. The molecule has 3 aromatic carbocycles. The van der Waals surface area contributed by atoms with Crippen molar-refractivity contribution in [3.63, 3.8) is 0 Å². The Bertz CT molecular complexity index is 1760. The normalized spacial score (nSPS) is 11.7. The minimum atomic E-state index is -0.186. The number of benzene rings is 3. The molecule has 0 atom stereocenters. The molecule has 200 valence electrons. The molecule has 0 spiro atoms. The molecule has 0 aliphatic carbocycles. The van der Waals surface area contributed by atoms with Crippen LogP contribution in [0, 0.1) is 5.41 Å². The predicted molar refractivity (Wildman–Crippen MR) is 151 cm³/mol. The van der Waals surface area contributed by atoms with Crippen molar-refractivity contribution in [2.24, 2.45) is 5.41 Å². The average molecular weight is 533 g/mol. The lowest BCUT2D eigenvalue weighted by Gasteiger charge is -2.19. The Hall–Kier alpha value is -5.12. The van der Waals surface area contributed by atoms with E-state index in [0.717, 1.165) is 28.1 Å². The number of aromatic nitrogens is 8. The summed E-state index contributed by atoms with van der Waals surface area (Å²) in [5.41, 5.74) is 4.94. The maximum atomic E-state index is 10.8. The van der Waals surface area contributed by atoms with Crippen LogP contribution >= 0.6 is 0 Å². The summed E-state index contributed by atoms with van der Waals surface area (Å²) < 4.78 is 8.03. The first-order valence-electron chi connectivity index (χ1n) is 13.0. The minimum Gasteiger partial charge on any atom is -0.491 e. The van der Waals surface area contributed by atoms with Gasteiger partial charge in [-0.2, -0.15) is 0 Å². The zero-order valence-corrected chi connectivity index (χ0v) is 22.4. The number of para-hydroxylation sites is 1. The summed E-state index contributed by atoms with van der Waals surface area (Å²) in [6.45, 7) is 6.96. The van der Waals surface area contributed by atoms with Crippen LogP contribution in [0.5, 0.6) is 17.5 Å². The van der Waals surface area contributed by atoms with Crippen molar-refractivity contribution in [1.82, 2.24) is 40.4 Å². The van der Waals surface area contributed by atoms with Gasteiger partial charge in [-0.25, -0.2) is 10.1 Å². The van der Waals surface area contributed by atoms with Gasteiger partial charge in [0.05, 0.1) is 0 Å². The summed E-state index contributed by atoms with van der Waals surface area (Å²) in [7, 11) is 0. The first-order chi connectivity index (χ1) is 19.4. The van der Waals surface area contributed by atoms with E-state index >= 15 is 0 Å². The van der Waals surface area contributed by atoms with Crippen molar-refractivity contribution in [2.75, 3.05) is 0 Å². The number of fused-ring (bicyclic) bond motifs is 1. The maximum absolute atomic E-state index is 10.8. The fraction of sp³-hybridized carbons (Fsp3) is 0.200. The number of rotatable bonds is 7. The quantitative estimate of drug-likeness (QED) is 0.264. The third kappa shape index (κ3) is 5.11. The number of aromatic hydroxyl groups is 1. The van der Waals surface area contributed by atoms with Gasteiger partial charge in [0.2, 0.25) is 0 Å². The molecule has 0 amide bonds. The second kappa shape index (κ2) is 10.2. The van der Waals surface area contributed by atoms with Crippen LogP contribution in [0.2, 0.25) is 0 Å². The van der Waals surface area contributed by atoms with Gasteiger partial charge in [0.1, 0.15) is 17.1 Å². The van der Waals surface area contributed by atoms with Crippen molar-refractivity contribution in [3.05, 3.63) is 90.3 Å². The van der Waals surface area contributed by atoms with Crippen LogP contribution in [0.1, 0.15) is 32.2 Å². The van der Waals surface area contributed by atoms with Gasteiger partial charge in [-0.15, -0.1) is 15.3 Å². The van der Waals surface area contributed by atoms with Crippen LogP contribution in [0.4, 0.5) is 0 Å². The average Bonchev–Trinajstić information content (AvgIpc) is 3.60. The third-order valence-electron chi connectivity index (χ3n) is 6.48. The van der Waals surface area contributed by atoms with Crippen LogP contribution in [0.3, 0.4) is 0 Å². The molecule has 0 fully saturated rings. The highest BCUT2D eigenvalue weighted by molar-refractivity contribution is 5.85. The molecular weight excluding hydrogens is 504 g/mol. The lowest BCUT2D eigenvalue weighted by Crippen LogP contribution is -2.15. The molecule has 3 aromatic heterocycles. The topological polar surface area (TPSA) is 128 Å². The Morgan fingerprint density at radius 3 is 2.27 bits per heavy atom. The number of nitrogens with one attached hydrogen (secondary N) is 1. The highest BCUT2D eigenvalue weighted by Crippen LogP contribution is 2.35. The molecule has 0 saturated heterocycles. The maximum Gasteiger partial charge on any atom is 0.267 e. The standard InChI is InChI=1S/C30H28N8O2/c1-30(2,3)17-24-31-25-26(28(39)34-35-29(25)40-21-9-5-4-6-10-21)38(24)18-19-13-15-20(16-14-19)22-11-7-8-12-23(22)27-32-36-37-33-27/h4-16H,17-18H2,1-3H3,(H,34,39)(H,32,33,36,37). The van der Waals surface area contributed by atoms with Crippen LogP contribution < -0.4 is 4.74 Å². The predicted octanol–water partition coefficient (Wildman–Crippen LogP) is 5.81. The van der Waals surface area contributed by atoms with E-state index in [0.29, 0.717) is 35.6 Å². The molecule has 0 unspecified atom stereocenters. The zero-order valence-electron chi connectivity index (χ0n) is 22.4. The summed E-state index contributed by atoms with van der Waals surface area (Å²) in [5.74, 6) is 2.11. The van der Waals surface area contributed by atoms with E-state index in [1.165, 1.54) is 0 Å². The molecule has 0 aliphatic heterocycles. The fourth-order valence-corrected chi connectivity index (χ4v) is 4.70. The Kier molecular flexibility index (Phi) is 6.43. The molecule has 10 nitrogen and oxygen atoms in total. The molecule has 10 heteroatoms. The van der Waals surface area contributed by atoms with Gasteiger partial charge >= 0.3 is 0 Å². The molecule has 6 rings (SSSR count). The van der Waals surface area contributed by atoms with Crippen LogP contribution in [-0.2, 0) is 13.0 Å². The number of tetrazole rings is 1. The van der Waals surface area contributed by atoms with Gasteiger partial charge in [-0.05, 0) is 44.7 Å². The Balaban J connectivity index is 1.38. The SMILES string of the molecule is CC(C)(C)Cc1nc2c(Oc3ccccc3)nnc(O)c2n1Cc1ccc(-c2ccccc2-c2nnn[nH]2)cc1. The second-order valence-electron chi connectivity index (χ2n) is 10.8. The van der Waals surface area contributed by atoms with E-state index in [2.05, 4.69) is 75.9 Å². The number of H-pyrrole nitrogens is 1. The largest absolute Gasteiger partial charge is 0.491 e. The molecule has 0 saturated carbocycles. The summed E-state index contributed by atoms with van der Waals surface area (Å²) in [6, 6.07) is 25.6. The number of aromatic amines is 1. The van der Waals surface area contributed by atoms with Crippen molar-refractivity contribution < 1.29 is 9.84 Å². The Morgan fingerprint density at radius 2 is 1.57 bits per heavy atom. The lowest BCUT2D eigenvalue weighted by atomic mass is 9.92. The highest BCUT2D eigenvalue weighted by Gasteiger charge is 2.24. The number of hydrogen-bond donors (Lipinski definition) is 2. The van der Waals surface area contributed by atoms with Crippen LogP contribution in [0.15, 0.2) is 78.9 Å². The molecule has 0 radical (unpaired) electrons. The monoisotopic (exact) mass is 532 g/mol. The summed E-state index contributed by atoms with van der Waals surface area (Å²) >= 11 is 0. The molecule has 3 heterocycles. The van der Waals surface area contributed by atoms with Crippen molar-refractivity contribution >= 4 is 11.0 Å². The number of imidazole rings is 1. The van der Waals surface area contributed by atoms with Gasteiger partial charge in [0.15, 0.2) is 11.3 Å². The lowest BCUT2D eigenvalue weighted by molar-refractivity contribution is 0.393. The van der Waals surface area contributed by atoms with Gasteiger partial charge < -0.3 is 14.4 Å². The molecule has 40 heavy (non-hydrogen) atoms. The molecule has 2 N–H and O–H groups in total. The van der Waals surface area contributed by atoms with E-state index in [4.69, 9.17) is 9.72 Å². The third-order valence-corrected chi connectivity index (χ3v) is 6.48. The zero-order chi connectivity index (χ0) is 27.7. The van der Waals surface area contributed by atoms with E-state index in [-0.39, 0.29) is 17.2 Å². The number of hydrogen-bond acceptors (Lipinski definition) is 8. The van der Waals surface area contributed by atoms with Crippen molar-refractivity contribution in [3.8, 4) is 40.0 Å². The molecule has 6 aromatic rings. The van der Waals surface area contributed by atoms with E-state index in [1.54, 1.807) is 0 Å². The number of ether oxygens (including phenoxy) is 1. The van der Waals surface area contributed by atoms with Crippen molar-refractivity contribution in [2.45, 2.75) is 33.7 Å². The highest BCUT2D eigenvalue weighted by atomic mass is 16.5. The summed E-state index contributed by atoms with van der Waals surface area (Å²) in [4.78, 5) is 4.91. The van der Waals surface area contributed by atoms with Gasteiger partial charge in [0.25, 0.3) is 11.8 Å².